The van der Waals surface area contributed by atoms with Crippen molar-refractivity contribution >= 4 is 35.1 Å². The van der Waals surface area contributed by atoms with E-state index >= 15 is 0 Å². The Morgan fingerprint density at radius 3 is 2.53 bits per heavy atom. The van der Waals surface area contributed by atoms with Crippen molar-refractivity contribution in [2.75, 3.05) is 5.32 Å². The maximum Gasteiger partial charge on any atom is 0.258 e. The molecule has 2 aromatic rings. The van der Waals surface area contributed by atoms with Crippen LogP contribution in [0.5, 0.6) is 0 Å². The van der Waals surface area contributed by atoms with Gasteiger partial charge in [-0.2, -0.15) is 10.1 Å². The van der Waals surface area contributed by atoms with E-state index in [0.29, 0.717) is 11.5 Å². The fourth-order valence-electron chi connectivity index (χ4n) is 1.18. The molecular formula is C9H7Cl2N5O. The summed E-state index contributed by atoms with van der Waals surface area (Å²) in [6.07, 6.45) is 1.34. The Labute approximate surface area is 107 Å². The summed E-state index contributed by atoms with van der Waals surface area (Å²) in [6.45, 7) is 0. The maximum absolute atomic E-state index is 11.8. The third-order valence-electron chi connectivity index (χ3n) is 1.96. The van der Waals surface area contributed by atoms with E-state index < -0.39 is 0 Å². The Morgan fingerprint density at radius 1 is 1.35 bits per heavy atom. The van der Waals surface area contributed by atoms with E-state index in [1.165, 1.54) is 23.1 Å². The predicted molar refractivity (Wildman–Crippen MR) is 63.2 cm³/mol. The van der Waals surface area contributed by atoms with Crippen LogP contribution < -0.4 is 5.32 Å². The SMILES string of the molecule is Cn1ncnc1NC(=O)c1cc(Cl)nc(Cl)c1. The monoisotopic (exact) mass is 271 g/mol. The number of carbonyl (C=O) groups excluding carboxylic acids is 1. The molecule has 0 atom stereocenters. The van der Waals surface area contributed by atoms with Gasteiger partial charge in [0.05, 0.1) is 0 Å². The molecule has 0 aromatic carbocycles. The van der Waals surface area contributed by atoms with Gasteiger partial charge in [0.15, 0.2) is 0 Å². The first-order chi connectivity index (χ1) is 8.06. The van der Waals surface area contributed by atoms with Gasteiger partial charge >= 0.3 is 0 Å². The largest absolute Gasteiger partial charge is 0.291 e. The van der Waals surface area contributed by atoms with E-state index in [0.717, 1.165) is 0 Å². The van der Waals surface area contributed by atoms with Crippen LogP contribution in [0.4, 0.5) is 5.95 Å². The van der Waals surface area contributed by atoms with E-state index in [2.05, 4.69) is 20.4 Å². The molecule has 0 aliphatic carbocycles. The van der Waals surface area contributed by atoms with Crippen LogP contribution in [0.2, 0.25) is 10.3 Å². The minimum Gasteiger partial charge on any atom is -0.291 e. The molecule has 88 valence electrons. The zero-order chi connectivity index (χ0) is 12.4. The van der Waals surface area contributed by atoms with Crippen LogP contribution in [0.25, 0.3) is 0 Å². The number of amides is 1. The number of hydrogen-bond acceptors (Lipinski definition) is 4. The third-order valence-corrected chi connectivity index (χ3v) is 2.35. The number of rotatable bonds is 2. The summed E-state index contributed by atoms with van der Waals surface area (Å²) < 4.78 is 1.43. The van der Waals surface area contributed by atoms with Crippen LogP contribution in [-0.2, 0) is 7.05 Å². The molecule has 0 radical (unpaired) electrons. The normalized spacial score (nSPS) is 10.3. The Kier molecular flexibility index (Phi) is 3.26. The smallest absolute Gasteiger partial charge is 0.258 e. The molecule has 2 aromatic heterocycles. The highest BCUT2D eigenvalue weighted by atomic mass is 35.5. The number of aromatic nitrogens is 4. The van der Waals surface area contributed by atoms with Crippen molar-refractivity contribution in [2.24, 2.45) is 7.05 Å². The molecule has 0 saturated heterocycles. The van der Waals surface area contributed by atoms with Crippen molar-refractivity contribution in [3.8, 4) is 0 Å². The molecule has 0 unspecified atom stereocenters. The second-order valence-corrected chi connectivity index (χ2v) is 3.94. The highest BCUT2D eigenvalue weighted by Gasteiger charge is 2.11. The lowest BCUT2D eigenvalue weighted by Crippen LogP contribution is -2.15. The van der Waals surface area contributed by atoms with Gasteiger partial charge < -0.3 is 0 Å². The standard InChI is InChI=1S/C9H7Cl2N5O/c1-16-9(12-4-13-16)15-8(17)5-2-6(10)14-7(11)3-5/h2-4H,1H3,(H,12,13,15,17). The average Bonchev–Trinajstić information content (AvgIpc) is 2.63. The lowest BCUT2D eigenvalue weighted by Gasteiger charge is -2.04. The molecule has 8 heteroatoms. The predicted octanol–water partition coefficient (Wildman–Crippen LogP) is 1.77. The van der Waals surface area contributed by atoms with E-state index in [-0.39, 0.29) is 16.2 Å². The molecule has 0 aliphatic rings. The van der Waals surface area contributed by atoms with Gasteiger partial charge in [-0.05, 0) is 12.1 Å². The molecule has 1 amide bonds. The number of halogens is 2. The molecule has 6 nitrogen and oxygen atoms in total. The summed E-state index contributed by atoms with van der Waals surface area (Å²) >= 11 is 11.4. The van der Waals surface area contributed by atoms with Crippen LogP contribution in [0, 0.1) is 0 Å². The fourth-order valence-corrected chi connectivity index (χ4v) is 1.64. The molecule has 2 rings (SSSR count). The molecule has 0 spiro atoms. The summed E-state index contributed by atoms with van der Waals surface area (Å²) in [7, 11) is 1.66. The van der Waals surface area contributed by atoms with Gasteiger partial charge in [-0.1, -0.05) is 23.2 Å². The summed E-state index contributed by atoms with van der Waals surface area (Å²) in [5, 5.41) is 6.70. The lowest BCUT2D eigenvalue weighted by molar-refractivity contribution is 0.102. The van der Waals surface area contributed by atoms with Crippen LogP contribution in [0.15, 0.2) is 18.5 Å². The number of nitrogens with one attached hydrogen (secondary N) is 1. The summed E-state index contributed by atoms with van der Waals surface area (Å²) in [6, 6.07) is 2.83. The zero-order valence-electron chi connectivity index (χ0n) is 8.69. The van der Waals surface area contributed by atoms with Gasteiger partial charge in [0, 0.05) is 12.6 Å². The Morgan fingerprint density at radius 2 is 2.00 bits per heavy atom. The number of aryl methyl sites for hydroxylation is 1. The van der Waals surface area contributed by atoms with Gasteiger partial charge in [-0.3, -0.25) is 10.1 Å². The molecule has 2 heterocycles. The highest BCUT2D eigenvalue weighted by molar-refractivity contribution is 6.33. The number of carbonyl (C=O) groups is 1. The molecule has 17 heavy (non-hydrogen) atoms. The topological polar surface area (TPSA) is 72.7 Å². The van der Waals surface area contributed by atoms with Gasteiger partial charge in [0.25, 0.3) is 5.91 Å². The third kappa shape index (κ3) is 2.72. The van der Waals surface area contributed by atoms with Crippen LogP contribution in [0.3, 0.4) is 0 Å². The van der Waals surface area contributed by atoms with Gasteiger partial charge in [0.1, 0.15) is 16.6 Å². The van der Waals surface area contributed by atoms with Gasteiger partial charge in [0.2, 0.25) is 5.95 Å². The Hall–Kier alpha value is -1.66. The maximum atomic E-state index is 11.8. The summed E-state index contributed by atoms with van der Waals surface area (Å²) in [4.78, 5) is 19.4. The van der Waals surface area contributed by atoms with Gasteiger partial charge in [-0.15, -0.1) is 0 Å². The second-order valence-electron chi connectivity index (χ2n) is 3.16. The van der Waals surface area contributed by atoms with Crippen molar-refractivity contribution < 1.29 is 4.79 Å². The average molecular weight is 272 g/mol. The van der Waals surface area contributed by atoms with Crippen LogP contribution in [0.1, 0.15) is 10.4 Å². The van der Waals surface area contributed by atoms with E-state index in [4.69, 9.17) is 23.2 Å². The Bertz CT molecular complexity index is 548. The minimum absolute atomic E-state index is 0.153. The van der Waals surface area contributed by atoms with E-state index in [9.17, 15) is 4.79 Å². The highest BCUT2D eigenvalue weighted by Crippen LogP contribution is 2.15. The molecule has 0 aliphatic heterocycles. The van der Waals surface area contributed by atoms with Crippen molar-refractivity contribution in [1.29, 1.82) is 0 Å². The summed E-state index contributed by atoms with van der Waals surface area (Å²) in [5.41, 5.74) is 0.304. The lowest BCUT2D eigenvalue weighted by atomic mass is 10.2. The van der Waals surface area contributed by atoms with E-state index in [1.54, 1.807) is 7.05 Å². The molecular weight excluding hydrogens is 265 g/mol. The van der Waals surface area contributed by atoms with E-state index in [1.807, 2.05) is 0 Å². The van der Waals surface area contributed by atoms with Crippen molar-refractivity contribution in [3.63, 3.8) is 0 Å². The van der Waals surface area contributed by atoms with Crippen LogP contribution >= 0.6 is 23.2 Å². The van der Waals surface area contributed by atoms with Crippen LogP contribution in [-0.4, -0.2) is 25.7 Å². The first-order valence-electron chi connectivity index (χ1n) is 4.54. The zero-order valence-corrected chi connectivity index (χ0v) is 10.2. The first-order valence-corrected chi connectivity index (χ1v) is 5.30. The number of nitrogens with zero attached hydrogens (tertiary/aromatic N) is 4. The fraction of sp³-hybridized carbons (Fsp3) is 0.111. The molecule has 0 saturated carbocycles. The van der Waals surface area contributed by atoms with Crippen molar-refractivity contribution in [3.05, 3.63) is 34.3 Å². The Balaban J connectivity index is 2.23. The summed E-state index contributed by atoms with van der Waals surface area (Å²) in [5.74, 6) is -0.0497. The second kappa shape index (κ2) is 4.68. The number of hydrogen-bond donors (Lipinski definition) is 1. The van der Waals surface area contributed by atoms with Gasteiger partial charge in [-0.25, -0.2) is 9.67 Å². The van der Waals surface area contributed by atoms with Crippen molar-refractivity contribution in [1.82, 2.24) is 19.7 Å². The molecule has 1 N–H and O–H groups in total. The molecule has 0 bridgehead atoms. The quantitative estimate of drug-likeness (QED) is 0.845. The number of pyridine rings is 1. The minimum atomic E-state index is -0.382. The first kappa shape index (κ1) is 11.8. The van der Waals surface area contributed by atoms with Crippen molar-refractivity contribution in [2.45, 2.75) is 0 Å². The molecule has 0 fully saturated rings. The number of anilines is 1.